The summed E-state index contributed by atoms with van der Waals surface area (Å²) in [6.07, 6.45) is -10.0. The molecule has 0 spiro atoms. The minimum atomic E-state index is -7.92. The second-order valence-electron chi connectivity index (χ2n) is 5.92. The Kier molecular flexibility index (Phi) is 8.50. The molecule has 0 heterocycles. The van der Waals surface area contributed by atoms with E-state index in [0.29, 0.717) is 0 Å². The third-order valence-corrected chi connectivity index (χ3v) is 3.81. The SMILES string of the molecule is CCOC(=O)[C@H](CC)NCCC(F)(F)C(F)(F)C(F)(F)C(F)(F)C(F)(F)C(F)(F)F. The van der Waals surface area contributed by atoms with E-state index in [0.717, 1.165) is 0 Å². The quantitative estimate of drug-likeness (QED) is 0.335. The van der Waals surface area contributed by atoms with Crippen LogP contribution >= 0.6 is 0 Å². The molecule has 180 valence electrons. The molecule has 1 atom stereocenters. The lowest BCUT2D eigenvalue weighted by atomic mass is 9.92. The predicted octanol–water partition coefficient (Wildman–Crippen LogP) is 5.05. The topological polar surface area (TPSA) is 38.3 Å². The molecule has 0 aliphatic rings. The zero-order valence-corrected chi connectivity index (χ0v) is 15.1. The van der Waals surface area contributed by atoms with Crippen molar-refractivity contribution >= 4 is 5.97 Å². The summed E-state index contributed by atoms with van der Waals surface area (Å²) in [7, 11) is 0. The maximum absolute atomic E-state index is 13.6. The van der Waals surface area contributed by atoms with Gasteiger partial charge in [-0.2, -0.15) is 57.1 Å². The van der Waals surface area contributed by atoms with Crippen LogP contribution < -0.4 is 5.32 Å². The van der Waals surface area contributed by atoms with E-state index in [9.17, 15) is 61.9 Å². The normalized spacial score (nSPS) is 15.8. The second kappa shape index (κ2) is 8.94. The van der Waals surface area contributed by atoms with Crippen LogP contribution in [0.25, 0.3) is 0 Å². The number of hydrogen-bond donors (Lipinski definition) is 1. The van der Waals surface area contributed by atoms with E-state index in [1.54, 1.807) is 0 Å². The zero-order valence-electron chi connectivity index (χ0n) is 15.1. The molecule has 0 aliphatic carbocycles. The molecule has 0 bridgehead atoms. The number of esters is 1. The monoisotopic (exact) mass is 477 g/mol. The highest BCUT2D eigenvalue weighted by molar-refractivity contribution is 5.75. The summed E-state index contributed by atoms with van der Waals surface area (Å²) in [5.41, 5.74) is 0. The van der Waals surface area contributed by atoms with Crippen molar-refractivity contribution < 1.29 is 66.6 Å². The van der Waals surface area contributed by atoms with Gasteiger partial charge in [0.15, 0.2) is 0 Å². The van der Waals surface area contributed by atoms with Gasteiger partial charge in [0.1, 0.15) is 6.04 Å². The Morgan fingerprint density at radius 2 is 1.20 bits per heavy atom. The van der Waals surface area contributed by atoms with Crippen LogP contribution in [0, 0.1) is 0 Å². The van der Waals surface area contributed by atoms with E-state index in [-0.39, 0.29) is 13.0 Å². The predicted molar refractivity (Wildman–Crippen MR) is 74.1 cm³/mol. The van der Waals surface area contributed by atoms with Crippen molar-refractivity contribution in [3.8, 4) is 0 Å². The molecule has 0 unspecified atom stereocenters. The number of carbonyl (C=O) groups excluding carboxylic acids is 1. The number of ether oxygens (including phenoxy) is 1. The summed E-state index contributed by atoms with van der Waals surface area (Å²) in [6, 6.07) is -1.40. The van der Waals surface area contributed by atoms with Crippen molar-refractivity contribution in [1.29, 1.82) is 0 Å². The van der Waals surface area contributed by atoms with Gasteiger partial charge in [0.2, 0.25) is 0 Å². The van der Waals surface area contributed by atoms with Crippen LogP contribution in [0.2, 0.25) is 0 Å². The van der Waals surface area contributed by atoms with Gasteiger partial charge in [0, 0.05) is 13.0 Å². The Labute approximate surface area is 160 Å². The van der Waals surface area contributed by atoms with Crippen LogP contribution in [0.5, 0.6) is 0 Å². The lowest BCUT2D eigenvalue weighted by Gasteiger charge is -2.39. The second-order valence-corrected chi connectivity index (χ2v) is 5.92. The number of carbonyl (C=O) groups is 1. The lowest BCUT2D eigenvalue weighted by molar-refractivity contribution is -0.440. The fourth-order valence-corrected chi connectivity index (χ4v) is 2.00. The molecular formula is C14H16F13NO2. The largest absolute Gasteiger partial charge is 0.465 e. The van der Waals surface area contributed by atoms with Crippen molar-refractivity contribution in [1.82, 2.24) is 5.32 Å². The molecule has 0 aromatic rings. The van der Waals surface area contributed by atoms with Crippen molar-refractivity contribution in [2.45, 2.75) is 68.5 Å². The fourth-order valence-electron chi connectivity index (χ4n) is 2.00. The van der Waals surface area contributed by atoms with Gasteiger partial charge in [0.25, 0.3) is 0 Å². The number of rotatable bonds is 11. The fraction of sp³-hybridized carbons (Fsp3) is 0.929. The van der Waals surface area contributed by atoms with E-state index in [4.69, 9.17) is 0 Å². The standard InChI is InChI=1S/C14H16F13NO2/c1-3-7(8(29)30-4-2)28-6-5-9(15,16)10(17,18)11(19,20)12(21,22)13(23,24)14(25,26)27/h7,28H,3-6H2,1-2H3/t7-/m0/s1. The van der Waals surface area contributed by atoms with Crippen molar-refractivity contribution in [3.05, 3.63) is 0 Å². The first kappa shape index (κ1) is 28.5. The summed E-state index contributed by atoms with van der Waals surface area (Å²) in [6.45, 7) is 1.05. The highest BCUT2D eigenvalue weighted by Gasteiger charge is 2.90. The molecule has 0 radical (unpaired) electrons. The first-order valence-corrected chi connectivity index (χ1v) is 8.01. The maximum Gasteiger partial charge on any atom is 0.460 e. The molecule has 0 amide bonds. The summed E-state index contributed by atoms with van der Waals surface area (Å²) < 4.78 is 173. The summed E-state index contributed by atoms with van der Waals surface area (Å²) in [5.74, 6) is -38.0. The van der Waals surface area contributed by atoms with Gasteiger partial charge in [-0.05, 0) is 13.3 Å². The molecule has 1 N–H and O–H groups in total. The summed E-state index contributed by atoms with van der Waals surface area (Å²) >= 11 is 0. The highest BCUT2D eigenvalue weighted by atomic mass is 19.4. The molecule has 0 saturated carbocycles. The maximum atomic E-state index is 13.6. The van der Waals surface area contributed by atoms with Crippen molar-refractivity contribution in [3.63, 3.8) is 0 Å². The van der Waals surface area contributed by atoms with Gasteiger partial charge in [-0.15, -0.1) is 0 Å². The average molecular weight is 477 g/mol. The van der Waals surface area contributed by atoms with Gasteiger partial charge >= 0.3 is 41.8 Å². The molecule has 0 aliphatic heterocycles. The molecule has 0 fully saturated rings. The molecule has 0 aromatic heterocycles. The number of hydrogen-bond acceptors (Lipinski definition) is 3. The molecule has 3 nitrogen and oxygen atoms in total. The van der Waals surface area contributed by atoms with E-state index in [2.05, 4.69) is 4.74 Å². The van der Waals surface area contributed by atoms with Crippen LogP contribution in [0.3, 0.4) is 0 Å². The van der Waals surface area contributed by atoms with Crippen LogP contribution in [-0.4, -0.2) is 61.0 Å². The van der Waals surface area contributed by atoms with Crippen LogP contribution in [-0.2, 0) is 9.53 Å². The lowest BCUT2D eigenvalue weighted by Crippen LogP contribution is -2.70. The molecule has 30 heavy (non-hydrogen) atoms. The Balaban J connectivity index is 5.68. The van der Waals surface area contributed by atoms with Crippen LogP contribution in [0.4, 0.5) is 57.1 Å². The van der Waals surface area contributed by atoms with Crippen LogP contribution in [0.15, 0.2) is 0 Å². The molecule has 16 heteroatoms. The zero-order chi connectivity index (χ0) is 24.4. The van der Waals surface area contributed by atoms with Gasteiger partial charge in [-0.25, -0.2) is 0 Å². The van der Waals surface area contributed by atoms with E-state index < -0.39 is 60.8 Å². The average Bonchev–Trinajstić information content (AvgIpc) is 2.57. The summed E-state index contributed by atoms with van der Waals surface area (Å²) in [4.78, 5) is 11.4. The number of halogens is 13. The van der Waals surface area contributed by atoms with Gasteiger partial charge in [0.05, 0.1) is 6.61 Å². The van der Waals surface area contributed by atoms with Gasteiger partial charge in [-0.3, -0.25) is 4.79 Å². The molecule has 0 saturated heterocycles. The Morgan fingerprint density at radius 3 is 1.57 bits per heavy atom. The Hall–Kier alpha value is -1.48. The van der Waals surface area contributed by atoms with Crippen molar-refractivity contribution in [2.24, 2.45) is 0 Å². The van der Waals surface area contributed by atoms with Crippen molar-refractivity contribution in [2.75, 3.05) is 13.2 Å². The van der Waals surface area contributed by atoms with Crippen LogP contribution in [0.1, 0.15) is 26.7 Å². The Morgan fingerprint density at radius 1 is 0.767 bits per heavy atom. The van der Waals surface area contributed by atoms with Gasteiger partial charge < -0.3 is 10.1 Å². The first-order valence-electron chi connectivity index (χ1n) is 8.01. The minimum Gasteiger partial charge on any atom is -0.465 e. The van der Waals surface area contributed by atoms with Gasteiger partial charge in [-0.1, -0.05) is 6.92 Å². The third-order valence-electron chi connectivity index (χ3n) is 3.81. The third kappa shape index (κ3) is 4.88. The highest BCUT2D eigenvalue weighted by Crippen LogP contribution is 2.60. The number of nitrogens with one attached hydrogen (secondary N) is 1. The molecule has 0 rings (SSSR count). The minimum absolute atomic E-state index is 0.174. The van der Waals surface area contributed by atoms with E-state index in [1.807, 2.05) is 5.32 Å². The Bertz CT molecular complexity index is 589. The molecular weight excluding hydrogens is 461 g/mol. The number of alkyl halides is 13. The van der Waals surface area contributed by atoms with E-state index in [1.165, 1.54) is 13.8 Å². The first-order chi connectivity index (χ1) is 13.2. The molecule has 0 aromatic carbocycles. The van der Waals surface area contributed by atoms with E-state index >= 15 is 0 Å². The summed E-state index contributed by atoms with van der Waals surface area (Å²) in [5, 5.41) is 1.88. The smallest absolute Gasteiger partial charge is 0.460 e.